The van der Waals surface area contributed by atoms with Crippen LogP contribution in [0.1, 0.15) is 31.2 Å². The summed E-state index contributed by atoms with van der Waals surface area (Å²) >= 11 is 0. The van der Waals surface area contributed by atoms with Gasteiger partial charge in [0.15, 0.2) is 0 Å². The molecule has 102 valence electrons. The van der Waals surface area contributed by atoms with E-state index < -0.39 is 0 Å². The molecule has 0 spiro atoms. The highest BCUT2D eigenvalue weighted by Gasteiger charge is 2.25. The zero-order valence-corrected chi connectivity index (χ0v) is 11.4. The van der Waals surface area contributed by atoms with Gasteiger partial charge in [-0.2, -0.15) is 0 Å². The van der Waals surface area contributed by atoms with Crippen LogP contribution in [-0.4, -0.2) is 36.3 Å². The van der Waals surface area contributed by atoms with E-state index in [0.29, 0.717) is 13.0 Å². The smallest absolute Gasteiger partial charge is 0.227 e. The van der Waals surface area contributed by atoms with Crippen LogP contribution in [0.5, 0.6) is 0 Å². The number of nitrogens with one attached hydrogen (secondary N) is 1. The summed E-state index contributed by atoms with van der Waals surface area (Å²) in [5, 5.41) is 3.04. The fourth-order valence-electron chi connectivity index (χ4n) is 2.35. The number of likely N-dealkylation sites (N-methyl/N-ethyl adjacent to an activating group) is 1. The number of likely N-dealkylation sites (tertiary alicyclic amines) is 1. The molecule has 1 fully saturated rings. The third-order valence-electron chi connectivity index (χ3n) is 3.67. The van der Waals surface area contributed by atoms with Gasteiger partial charge < -0.3 is 10.2 Å². The first kappa shape index (κ1) is 13.6. The minimum Gasteiger partial charge on any atom is -0.351 e. The second-order valence-corrected chi connectivity index (χ2v) is 5.15. The largest absolute Gasteiger partial charge is 0.351 e. The Hall–Kier alpha value is -1.84. The predicted molar refractivity (Wildman–Crippen MR) is 73.7 cm³/mol. The van der Waals surface area contributed by atoms with Gasteiger partial charge in [-0.3, -0.25) is 9.59 Å². The number of carbonyl (C=O) groups is 2. The van der Waals surface area contributed by atoms with Crippen LogP contribution in [-0.2, 0) is 9.59 Å². The van der Waals surface area contributed by atoms with Crippen LogP contribution < -0.4 is 5.32 Å². The molecule has 1 aliphatic rings. The van der Waals surface area contributed by atoms with Crippen LogP contribution in [0.4, 0.5) is 0 Å². The highest BCUT2D eigenvalue weighted by Crippen LogP contribution is 2.16. The molecule has 4 heteroatoms. The Morgan fingerprint density at radius 1 is 1.37 bits per heavy atom. The van der Waals surface area contributed by atoms with Crippen molar-refractivity contribution in [2.45, 2.75) is 31.7 Å². The van der Waals surface area contributed by atoms with E-state index in [1.165, 1.54) is 0 Å². The quantitative estimate of drug-likeness (QED) is 0.896. The summed E-state index contributed by atoms with van der Waals surface area (Å²) in [7, 11) is 1.78. The van der Waals surface area contributed by atoms with E-state index in [4.69, 9.17) is 0 Å². The minimum absolute atomic E-state index is 0.0268. The van der Waals surface area contributed by atoms with E-state index in [1.807, 2.05) is 37.3 Å². The molecule has 0 bridgehead atoms. The maximum absolute atomic E-state index is 12.2. The summed E-state index contributed by atoms with van der Waals surface area (Å²) in [6, 6.07) is 9.80. The lowest BCUT2D eigenvalue weighted by molar-refractivity contribution is -0.134. The van der Waals surface area contributed by atoms with E-state index in [9.17, 15) is 9.59 Å². The molecule has 0 unspecified atom stereocenters. The number of amides is 2. The Kier molecular flexibility index (Phi) is 4.20. The summed E-state index contributed by atoms with van der Waals surface area (Å²) in [5.41, 5.74) is 1.01. The Morgan fingerprint density at radius 3 is 2.68 bits per heavy atom. The monoisotopic (exact) mass is 260 g/mol. The van der Waals surface area contributed by atoms with Gasteiger partial charge in [-0.15, -0.1) is 0 Å². The minimum atomic E-state index is -0.163. The first-order chi connectivity index (χ1) is 9.08. The molecule has 0 aliphatic carbocycles. The summed E-state index contributed by atoms with van der Waals surface area (Å²) in [6.07, 6.45) is 1.25. The Bertz CT molecular complexity index is 458. The predicted octanol–water partition coefficient (Wildman–Crippen LogP) is 1.53. The molecular weight excluding hydrogens is 240 g/mol. The summed E-state index contributed by atoms with van der Waals surface area (Å²) < 4.78 is 0. The molecule has 1 aliphatic heterocycles. The third kappa shape index (κ3) is 3.34. The average molecular weight is 260 g/mol. The van der Waals surface area contributed by atoms with Gasteiger partial charge in [-0.1, -0.05) is 30.3 Å². The van der Waals surface area contributed by atoms with Gasteiger partial charge in [0, 0.05) is 26.1 Å². The van der Waals surface area contributed by atoms with Gasteiger partial charge in [-0.05, 0) is 18.9 Å². The molecular formula is C15H20N2O2. The number of benzene rings is 1. The van der Waals surface area contributed by atoms with Crippen molar-refractivity contribution in [2.75, 3.05) is 13.6 Å². The van der Waals surface area contributed by atoms with Crippen molar-refractivity contribution in [1.82, 2.24) is 10.2 Å². The first-order valence-corrected chi connectivity index (χ1v) is 6.67. The van der Waals surface area contributed by atoms with E-state index in [2.05, 4.69) is 5.32 Å². The van der Waals surface area contributed by atoms with E-state index in [-0.39, 0.29) is 23.8 Å². The molecule has 0 saturated carbocycles. The molecule has 4 nitrogen and oxygen atoms in total. The van der Waals surface area contributed by atoms with Gasteiger partial charge in [0.1, 0.15) is 0 Å². The fourth-order valence-corrected chi connectivity index (χ4v) is 2.35. The molecule has 2 amide bonds. The Labute approximate surface area is 113 Å². The second kappa shape index (κ2) is 5.87. The second-order valence-electron chi connectivity index (χ2n) is 5.15. The molecule has 2 atom stereocenters. The number of hydrogen-bond acceptors (Lipinski definition) is 2. The summed E-state index contributed by atoms with van der Waals surface area (Å²) in [6.45, 7) is 2.51. The van der Waals surface area contributed by atoms with Crippen molar-refractivity contribution in [3.05, 3.63) is 35.9 Å². The number of carbonyl (C=O) groups excluding carboxylic acids is 2. The lowest BCUT2D eigenvalue weighted by atomic mass is 9.99. The molecule has 0 aromatic heterocycles. The van der Waals surface area contributed by atoms with Crippen LogP contribution in [0, 0.1) is 0 Å². The number of rotatable bonds is 3. The maximum Gasteiger partial charge on any atom is 0.227 e. The molecule has 1 N–H and O–H groups in total. The lowest BCUT2D eigenvalue weighted by Crippen LogP contribution is -2.49. The van der Waals surface area contributed by atoms with Crippen LogP contribution in [0.15, 0.2) is 30.3 Å². The zero-order chi connectivity index (χ0) is 13.8. The van der Waals surface area contributed by atoms with Crippen LogP contribution in [0.3, 0.4) is 0 Å². The molecule has 2 rings (SSSR count). The first-order valence-electron chi connectivity index (χ1n) is 6.67. The van der Waals surface area contributed by atoms with Crippen LogP contribution >= 0.6 is 0 Å². The molecule has 1 aromatic carbocycles. The van der Waals surface area contributed by atoms with Crippen LogP contribution in [0.25, 0.3) is 0 Å². The standard InChI is InChI=1S/C15H20N2O2/c1-11(12-6-4-3-5-7-12)15(19)16-13-8-9-14(18)17(2)10-13/h3-7,11,13H,8-10H2,1-2H3,(H,16,19)/t11-,13-/m1/s1. The molecule has 0 radical (unpaired) electrons. The topological polar surface area (TPSA) is 49.4 Å². The van der Waals surface area contributed by atoms with Crippen molar-refractivity contribution in [3.63, 3.8) is 0 Å². The van der Waals surface area contributed by atoms with Gasteiger partial charge in [0.25, 0.3) is 0 Å². The van der Waals surface area contributed by atoms with Crippen molar-refractivity contribution >= 4 is 11.8 Å². The highest BCUT2D eigenvalue weighted by atomic mass is 16.2. The number of hydrogen-bond donors (Lipinski definition) is 1. The molecule has 1 heterocycles. The van der Waals surface area contributed by atoms with E-state index >= 15 is 0 Å². The Morgan fingerprint density at radius 2 is 2.05 bits per heavy atom. The summed E-state index contributed by atoms with van der Waals surface area (Å²) in [5.74, 6) is 0.0182. The van der Waals surface area contributed by atoms with E-state index in [0.717, 1.165) is 12.0 Å². The van der Waals surface area contributed by atoms with Crippen molar-refractivity contribution < 1.29 is 9.59 Å². The van der Waals surface area contributed by atoms with Crippen molar-refractivity contribution in [1.29, 1.82) is 0 Å². The van der Waals surface area contributed by atoms with Crippen molar-refractivity contribution in [2.24, 2.45) is 0 Å². The third-order valence-corrected chi connectivity index (χ3v) is 3.67. The van der Waals surface area contributed by atoms with Gasteiger partial charge in [0.2, 0.25) is 11.8 Å². The highest BCUT2D eigenvalue weighted by molar-refractivity contribution is 5.84. The lowest BCUT2D eigenvalue weighted by Gasteiger charge is -2.30. The van der Waals surface area contributed by atoms with Crippen LogP contribution in [0.2, 0.25) is 0 Å². The number of piperidine rings is 1. The van der Waals surface area contributed by atoms with Gasteiger partial charge >= 0.3 is 0 Å². The maximum atomic E-state index is 12.2. The fraction of sp³-hybridized carbons (Fsp3) is 0.467. The van der Waals surface area contributed by atoms with Crippen molar-refractivity contribution in [3.8, 4) is 0 Å². The molecule has 1 saturated heterocycles. The van der Waals surface area contributed by atoms with Gasteiger partial charge in [0.05, 0.1) is 5.92 Å². The number of nitrogens with zero attached hydrogens (tertiary/aromatic N) is 1. The molecule has 1 aromatic rings. The molecule has 19 heavy (non-hydrogen) atoms. The summed E-state index contributed by atoms with van der Waals surface area (Å²) in [4.78, 5) is 25.3. The average Bonchev–Trinajstić information content (AvgIpc) is 2.43. The Balaban J connectivity index is 1.93. The van der Waals surface area contributed by atoms with Gasteiger partial charge in [-0.25, -0.2) is 0 Å². The zero-order valence-electron chi connectivity index (χ0n) is 11.4. The van der Waals surface area contributed by atoms with E-state index in [1.54, 1.807) is 11.9 Å². The SMILES string of the molecule is C[C@@H](C(=O)N[C@@H]1CCC(=O)N(C)C1)c1ccccc1. The normalized spacial score (nSPS) is 21.1.